The second-order valence-electron chi connectivity index (χ2n) is 5.86. The van der Waals surface area contributed by atoms with E-state index in [1.54, 1.807) is 0 Å². The standard InChI is InChI=1S/C17H24BrNO/c1-5-14-11-15(18)13(2)10-16(14)20-9-7-6-8-17(3,4)12-19/h10-11H,5-9H2,1-4H3. The van der Waals surface area contributed by atoms with Gasteiger partial charge in [0.15, 0.2) is 0 Å². The lowest BCUT2D eigenvalue weighted by atomic mass is 9.89. The Morgan fingerprint density at radius 2 is 2.00 bits per heavy atom. The van der Waals surface area contributed by atoms with Crippen molar-refractivity contribution in [2.75, 3.05) is 6.61 Å². The average Bonchev–Trinajstić information content (AvgIpc) is 2.41. The molecule has 0 spiro atoms. The number of aryl methyl sites for hydroxylation is 2. The highest BCUT2D eigenvalue weighted by Gasteiger charge is 2.15. The largest absolute Gasteiger partial charge is 0.493 e. The molecule has 0 saturated heterocycles. The number of unbranched alkanes of at least 4 members (excludes halogenated alkanes) is 1. The molecule has 0 amide bonds. The lowest BCUT2D eigenvalue weighted by Crippen LogP contribution is -2.08. The van der Waals surface area contributed by atoms with E-state index in [9.17, 15) is 0 Å². The van der Waals surface area contributed by atoms with Gasteiger partial charge in [-0.3, -0.25) is 0 Å². The first-order valence-corrected chi connectivity index (χ1v) is 8.02. The fourth-order valence-electron chi connectivity index (χ4n) is 2.01. The molecule has 0 saturated carbocycles. The molecule has 2 nitrogen and oxygen atoms in total. The summed E-state index contributed by atoms with van der Waals surface area (Å²) in [5.41, 5.74) is 2.21. The maximum Gasteiger partial charge on any atom is 0.122 e. The van der Waals surface area contributed by atoms with Crippen molar-refractivity contribution in [2.45, 2.75) is 53.4 Å². The van der Waals surface area contributed by atoms with Gasteiger partial charge in [-0.25, -0.2) is 0 Å². The number of benzene rings is 1. The number of ether oxygens (including phenoxy) is 1. The molecule has 0 aliphatic carbocycles. The first-order chi connectivity index (χ1) is 9.39. The molecule has 0 aromatic heterocycles. The quantitative estimate of drug-likeness (QED) is 0.622. The summed E-state index contributed by atoms with van der Waals surface area (Å²) in [7, 11) is 0. The third-order valence-corrected chi connectivity index (χ3v) is 4.33. The second kappa shape index (κ2) is 7.69. The van der Waals surface area contributed by atoms with E-state index < -0.39 is 0 Å². The number of hydrogen-bond donors (Lipinski definition) is 0. The third-order valence-electron chi connectivity index (χ3n) is 3.48. The highest BCUT2D eigenvalue weighted by Crippen LogP contribution is 2.28. The second-order valence-corrected chi connectivity index (χ2v) is 6.72. The van der Waals surface area contributed by atoms with Crippen molar-refractivity contribution in [1.29, 1.82) is 5.26 Å². The molecule has 0 fully saturated rings. The lowest BCUT2D eigenvalue weighted by Gasteiger charge is -2.15. The minimum Gasteiger partial charge on any atom is -0.493 e. The van der Waals surface area contributed by atoms with Gasteiger partial charge in [-0.2, -0.15) is 5.26 Å². The zero-order valence-electron chi connectivity index (χ0n) is 12.9. The molecule has 1 rings (SSSR count). The highest BCUT2D eigenvalue weighted by atomic mass is 79.9. The zero-order chi connectivity index (χ0) is 15.2. The Hall–Kier alpha value is -1.01. The van der Waals surface area contributed by atoms with Crippen LogP contribution >= 0.6 is 15.9 Å². The summed E-state index contributed by atoms with van der Waals surface area (Å²) in [5.74, 6) is 0.993. The fraction of sp³-hybridized carbons (Fsp3) is 0.588. The van der Waals surface area contributed by atoms with Crippen molar-refractivity contribution in [3.8, 4) is 11.8 Å². The number of nitrogens with zero attached hydrogens (tertiary/aromatic N) is 1. The molecule has 0 heterocycles. The van der Waals surface area contributed by atoms with Gasteiger partial charge in [0.2, 0.25) is 0 Å². The van der Waals surface area contributed by atoms with Gasteiger partial charge in [-0.1, -0.05) is 22.9 Å². The molecule has 0 radical (unpaired) electrons. The van der Waals surface area contributed by atoms with E-state index in [0.29, 0.717) is 0 Å². The van der Waals surface area contributed by atoms with E-state index in [0.717, 1.165) is 42.5 Å². The lowest BCUT2D eigenvalue weighted by molar-refractivity contribution is 0.292. The summed E-state index contributed by atoms with van der Waals surface area (Å²) in [4.78, 5) is 0. The van der Waals surface area contributed by atoms with Crippen LogP contribution in [0.15, 0.2) is 16.6 Å². The Kier molecular flexibility index (Phi) is 6.55. The van der Waals surface area contributed by atoms with Gasteiger partial charge in [0.1, 0.15) is 5.75 Å². The molecule has 0 aliphatic rings. The molecule has 0 N–H and O–H groups in total. The van der Waals surface area contributed by atoms with E-state index in [-0.39, 0.29) is 5.41 Å². The van der Waals surface area contributed by atoms with Crippen molar-refractivity contribution in [2.24, 2.45) is 5.41 Å². The van der Waals surface area contributed by atoms with Crippen LogP contribution in [0, 0.1) is 23.7 Å². The van der Waals surface area contributed by atoms with Gasteiger partial charge in [0.05, 0.1) is 18.1 Å². The molecule has 0 bridgehead atoms. The van der Waals surface area contributed by atoms with Crippen molar-refractivity contribution in [3.05, 3.63) is 27.7 Å². The molecule has 1 aromatic carbocycles. The zero-order valence-corrected chi connectivity index (χ0v) is 14.5. The summed E-state index contributed by atoms with van der Waals surface area (Å²) in [5, 5.41) is 8.97. The molecule has 20 heavy (non-hydrogen) atoms. The summed E-state index contributed by atoms with van der Waals surface area (Å²) in [6, 6.07) is 6.58. The van der Waals surface area contributed by atoms with E-state index in [1.165, 1.54) is 11.1 Å². The molecule has 0 aliphatic heterocycles. The third kappa shape index (κ3) is 5.17. The predicted molar refractivity (Wildman–Crippen MR) is 87.0 cm³/mol. The van der Waals surface area contributed by atoms with Gasteiger partial charge in [-0.15, -0.1) is 0 Å². The van der Waals surface area contributed by atoms with E-state index in [1.807, 2.05) is 13.8 Å². The Morgan fingerprint density at radius 3 is 2.60 bits per heavy atom. The maximum atomic E-state index is 8.97. The number of hydrogen-bond acceptors (Lipinski definition) is 2. The Morgan fingerprint density at radius 1 is 1.30 bits per heavy atom. The molecule has 110 valence electrons. The van der Waals surface area contributed by atoms with Crippen LogP contribution in [0.2, 0.25) is 0 Å². The maximum absolute atomic E-state index is 8.97. The molecular weight excluding hydrogens is 314 g/mol. The van der Waals surface area contributed by atoms with Gasteiger partial charge in [0.25, 0.3) is 0 Å². The fourth-order valence-corrected chi connectivity index (χ4v) is 2.40. The molecule has 0 atom stereocenters. The smallest absolute Gasteiger partial charge is 0.122 e. The average molecular weight is 338 g/mol. The minimum atomic E-state index is -0.219. The Bertz CT molecular complexity index is 488. The summed E-state index contributed by atoms with van der Waals surface area (Å²) in [6.07, 6.45) is 3.91. The normalized spacial score (nSPS) is 11.2. The van der Waals surface area contributed by atoms with Gasteiger partial charge in [-0.05, 0) is 69.7 Å². The van der Waals surface area contributed by atoms with E-state index in [2.05, 4.69) is 48.0 Å². The number of halogens is 1. The van der Waals surface area contributed by atoms with Crippen LogP contribution in [-0.4, -0.2) is 6.61 Å². The minimum absolute atomic E-state index is 0.219. The molecule has 0 unspecified atom stereocenters. The van der Waals surface area contributed by atoms with Gasteiger partial charge in [0, 0.05) is 4.47 Å². The van der Waals surface area contributed by atoms with Crippen LogP contribution in [0.3, 0.4) is 0 Å². The van der Waals surface area contributed by atoms with Crippen molar-refractivity contribution < 1.29 is 4.74 Å². The van der Waals surface area contributed by atoms with Crippen LogP contribution in [0.4, 0.5) is 0 Å². The van der Waals surface area contributed by atoms with Crippen LogP contribution in [0.5, 0.6) is 5.75 Å². The van der Waals surface area contributed by atoms with Crippen LogP contribution < -0.4 is 4.74 Å². The van der Waals surface area contributed by atoms with Crippen LogP contribution in [0.1, 0.15) is 51.2 Å². The summed E-state index contributed by atoms with van der Waals surface area (Å²) < 4.78 is 7.05. The van der Waals surface area contributed by atoms with Crippen LogP contribution in [-0.2, 0) is 6.42 Å². The summed E-state index contributed by atoms with van der Waals surface area (Å²) >= 11 is 3.56. The molecule has 3 heteroatoms. The molecule has 1 aromatic rings. The number of rotatable bonds is 7. The predicted octanol–water partition coefficient (Wildman–Crippen LogP) is 5.42. The SMILES string of the molecule is CCc1cc(Br)c(C)cc1OCCCCC(C)(C)C#N. The van der Waals surface area contributed by atoms with E-state index >= 15 is 0 Å². The number of nitriles is 1. The van der Waals surface area contributed by atoms with Crippen molar-refractivity contribution >= 4 is 15.9 Å². The van der Waals surface area contributed by atoms with Gasteiger partial charge >= 0.3 is 0 Å². The van der Waals surface area contributed by atoms with Crippen molar-refractivity contribution in [3.63, 3.8) is 0 Å². The van der Waals surface area contributed by atoms with Crippen molar-refractivity contribution in [1.82, 2.24) is 0 Å². The topological polar surface area (TPSA) is 33.0 Å². The highest BCUT2D eigenvalue weighted by molar-refractivity contribution is 9.10. The Labute approximate surface area is 131 Å². The van der Waals surface area contributed by atoms with Crippen LogP contribution in [0.25, 0.3) is 0 Å². The van der Waals surface area contributed by atoms with E-state index in [4.69, 9.17) is 10.00 Å². The summed E-state index contributed by atoms with van der Waals surface area (Å²) in [6.45, 7) is 8.91. The van der Waals surface area contributed by atoms with Gasteiger partial charge < -0.3 is 4.74 Å². The first-order valence-electron chi connectivity index (χ1n) is 7.22. The molecular formula is C17H24BrNO. The Balaban J connectivity index is 2.47. The first kappa shape index (κ1) is 17.0. The monoisotopic (exact) mass is 337 g/mol.